The number of aromatic carboxylic acids is 1. The molecule has 0 unspecified atom stereocenters. The van der Waals surface area contributed by atoms with E-state index in [2.05, 4.69) is 17.0 Å². The number of carbonyl (C=O) groups is 1. The molecule has 1 aliphatic heterocycles. The smallest absolute Gasteiger partial charge is 0.336 e. The molecule has 1 N–H and O–H groups in total. The first kappa shape index (κ1) is 13.6. The molecule has 3 rings (SSSR count). The summed E-state index contributed by atoms with van der Waals surface area (Å²) in [7, 11) is 1.54. The molecule has 0 amide bonds. The third-order valence-electron chi connectivity index (χ3n) is 3.85. The Bertz CT molecular complexity index is 656. The van der Waals surface area contributed by atoms with E-state index >= 15 is 0 Å². The summed E-state index contributed by atoms with van der Waals surface area (Å²) in [6.07, 6.45) is 0. The highest BCUT2D eigenvalue weighted by Crippen LogP contribution is 2.26. The zero-order valence-corrected chi connectivity index (χ0v) is 11.9. The number of hydrogen-bond donors (Lipinski definition) is 1. The molecule has 0 aliphatic carbocycles. The molecule has 108 valence electrons. The van der Waals surface area contributed by atoms with Gasteiger partial charge in [-0.3, -0.25) is 4.90 Å². The normalized spacial score (nSPS) is 14.0. The molecule has 0 radical (unpaired) electrons. The number of ether oxygens (including phenoxy) is 1. The topological polar surface area (TPSA) is 49.8 Å². The van der Waals surface area contributed by atoms with Crippen molar-refractivity contribution in [2.45, 2.75) is 19.6 Å². The minimum atomic E-state index is -0.916. The second kappa shape index (κ2) is 5.58. The highest BCUT2D eigenvalue weighted by Gasteiger charge is 2.20. The summed E-state index contributed by atoms with van der Waals surface area (Å²) in [5.74, 6) is -0.346. The maximum absolute atomic E-state index is 11.4. The number of carboxylic acids is 1. The Balaban J connectivity index is 1.82. The molecular weight excluding hydrogens is 266 g/mol. The van der Waals surface area contributed by atoms with Crippen molar-refractivity contribution in [1.29, 1.82) is 0 Å². The lowest BCUT2D eigenvalue weighted by Gasteiger charge is -2.17. The summed E-state index contributed by atoms with van der Waals surface area (Å²) in [5.41, 5.74) is 3.77. The first-order valence-electron chi connectivity index (χ1n) is 6.86. The Morgan fingerprint density at radius 2 is 1.86 bits per heavy atom. The zero-order chi connectivity index (χ0) is 14.8. The molecule has 21 heavy (non-hydrogen) atoms. The van der Waals surface area contributed by atoms with Crippen LogP contribution in [0.2, 0.25) is 0 Å². The van der Waals surface area contributed by atoms with Crippen molar-refractivity contribution in [3.8, 4) is 5.75 Å². The number of carboxylic acid groups (broad SMARTS) is 1. The molecule has 0 fully saturated rings. The number of nitrogens with zero attached hydrogens (tertiary/aromatic N) is 1. The molecule has 0 bridgehead atoms. The number of rotatable bonds is 4. The number of hydrogen-bond acceptors (Lipinski definition) is 3. The van der Waals surface area contributed by atoms with Crippen LogP contribution in [0.4, 0.5) is 0 Å². The minimum absolute atomic E-state index is 0.310. The van der Waals surface area contributed by atoms with E-state index in [1.54, 1.807) is 6.07 Å². The molecule has 1 aliphatic rings. The number of methoxy groups -OCH3 is 1. The molecule has 0 saturated carbocycles. The van der Waals surface area contributed by atoms with Crippen molar-refractivity contribution >= 4 is 5.97 Å². The van der Waals surface area contributed by atoms with Crippen LogP contribution in [0.5, 0.6) is 5.75 Å². The third-order valence-corrected chi connectivity index (χ3v) is 3.85. The van der Waals surface area contributed by atoms with Gasteiger partial charge in [-0.25, -0.2) is 4.79 Å². The fraction of sp³-hybridized carbons (Fsp3) is 0.235. The van der Waals surface area contributed by atoms with E-state index in [-0.39, 0.29) is 0 Å². The summed E-state index contributed by atoms with van der Waals surface area (Å²) in [6.45, 7) is 2.35. The average molecular weight is 283 g/mol. The van der Waals surface area contributed by atoms with Crippen LogP contribution in [-0.4, -0.2) is 23.1 Å². The van der Waals surface area contributed by atoms with E-state index < -0.39 is 5.97 Å². The molecule has 0 saturated heterocycles. The van der Waals surface area contributed by atoms with Gasteiger partial charge in [-0.05, 0) is 28.8 Å². The second-order valence-electron chi connectivity index (χ2n) is 5.24. The molecule has 0 aromatic heterocycles. The molecular formula is C17H17NO3. The zero-order valence-electron chi connectivity index (χ0n) is 11.9. The Morgan fingerprint density at radius 3 is 2.43 bits per heavy atom. The minimum Gasteiger partial charge on any atom is -0.497 e. The molecule has 1 heterocycles. The predicted octanol–water partition coefficient (Wildman–Crippen LogP) is 2.91. The van der Waals surface area contributed by atoms with E-state index in [1.807, 2.05) is 24.3 Å². The van der Waals surface area contributed by atoms with Crippen LogP contribution in [0.25, 0.3) is 0 Å². The maximum Gasteiger partial charge on any atom is 0.336 e. The second-order valence-corrected chi connectivity index (χ2v) is 5.24. The average Bonchev–Trinajstić information content (AvgIpc) is 2.89. The Kier molecular flexibility index (Phi) is 3.62. The van der Waals surface area contributed by atoms with Gasteiger partial charge in [-0.1, -0.05) is 30.3 Å². The summed E-state index contributed by atoms with van der Waals surface area (Å²) in [6, 6.07) is 13.6. The van der Waals surface area contributed by atoms with Gasteiger partial charge in [0.2, 0.25) is 0 Å². The fourth-order valence-electron chi connectivity index (χ4n) is 2.78. The van der Waals surface area contributed by atoms with Crippen LogP contribution in [-0.2, 0) is 19.6 Å². The molecule has 4 nitrogen and oxygen atoms in total. The van der Waals surface area contributed by atoms with E-state index in [9.17, 15) is 9.90 Å². The Morgan fingerprint density at radius 1 is 1.19 bits per heavy atom. The van der Waals surface area contributed by atoms with Crippen molar-refractivity contribution in [2.24, 2.45) is 0 Å². The van der Waals surface area contributed by atoms with Crippen LogP contribution < -0.4 is 4.74 Å². The standard InChI is InChI=1S/C17H17NO3/c1-21-15-7-6-14(16(8-15)17(19)20)11-18-9-12-4-2-3-5-13(12)10-18/h2-8H,9-11H2,1H3,(H,19,20). The highest BCUT2D eigenvalue weighted by atomic mass is 16.5. The Labute approximate surface area is 123 Å². The van der Waals surface area contributed by atoms with Gasteiger partial charge in [-0.15, -0.1) is 0 Å². The van der Waals surface area contributed by atoms with Gasteiger partial charge < -0.3 is 9.84 Å². The first-order valence-corrected chi connectivity index (χ1v) is 6.86. The van der Waals surface area contributed by atoms with Crippen LogP contribution in [0.1, 0.15) is 27.0 Å². The van der Waals surface area contributed by atoms with Crippen molar-refractivity contribution in [2.75, 3.05) is 7.11 Å². The molecule has 4 heteroatoms. The van der Waals surface area contributed by atoms with Crippen molar-refractivity contribution in [3.63, 3.8) is 0 Å². The lowest BCUT2D eigenvalue weighted by molar-refractivity contribution is 0.0694. The van der Waals surface area contributed by atoms with Gasteiger partial charge in [0.1, 0.15) is 5.75 Å². The van der Waals surface area contributed by atoms with E-state index in [0.717, 1.165) is 18.7 Å². The van der Waals surface area contributed by atoms with Crippen LogP contribution in [0, 0.1) is 0 Å². The summed E-state index contributed by atoms with van der Waals surface area (Å²) in [4.78, 5) is 13.7. The number of fused-ring (bicyclic) bond motifs is 1. The SMILES string of the molecule is COc1ccc(CN2Cc3ccccc3C2)c(C(=O)O)c1. The van der Waals surface area contributed by atoms with Gasteiger partial charge in [0.25, 0.3) is 0 Å². The molecule has 2 aromatic rings. The van der Waals surface area contributed by atoms with Crippen LogP contribution in [0.3, 0.4) is 0 Å². The predicted molar refractivity (Wildman–Crippen MR) is 79.3 cm³/mol. The highest BCUT2D eigenvalue weighted by molar-refractivity contribution is 5.89. The largest absolute Gasteiger partial charge is 0.497 e. The van der Waals surface area contributed by atoms with Gasteiger partial charge in [0.05, 0.1) is 12.7 Å². The Hall–Kier alpha value is -2.33. The fourth-order valence-corrected chi connectivity index (χ4v) is 2.78. The summed E-state index contributed by atoms with van der Waals surface area (Å²) >= 11 is 0. The third kappa shape index (κ3) is 2.76. The van der Waals surface area contributed by atoms with Crippen molar-refractivity contribution in [3.05, 3.63) is 64.7 Å². The van der Waals surface area contributed by atoms with Crippen LogP contribution in [0.15, 0.2) is 42.5 Å². The molecule has 0 spiro atoms. The lowest BCUT2D eigenvalue weighted by Crippen LogP contribution is -2.18. The lowest BCUT2D eigenvalue weighted by atomic mass is 10.1. The van der Waals surface area contributed by atoms with E-state index in [4.69, 9.17) is 4.74 Å². The summed E-state index contributed by atoms with van der Waals surface area (Å²) < 4.78 is 5.10. The number of benzene rings is 2. The van der Waals surface area contributed by atoms with Gasteiger partial charge in [-0.2, -0.15) is 0 Å². The van der Waals surface area contributed by atoms with Gasteiger partial charge in [0, 0.05) is 19.6 Å². The molecule has 2 aromatic carbocycles. The molecule has 0 atom stereocenters. The van der Waals surface area contributed by atoms with Gasteiger partial charge >= 0.3 is 5.97 Å². The van der Waals surface area contributed by atoms with Gasteiger partial charge in [0.15, 0.2) is 0 Å². The first-order chi connectivity index (χ1) is 10.2. The van der Waals surface area contributed by atoms with Crippen LogP contribution >= 0.6 is 0 Å². The van der Waals surface area contributed by atoms with Crippen molar-refractivity contribution in [1.82, 2.24) is 4.90 Å². The monoisotopic (exact) mass is 283 g/mol. The van der Waals surface area contributed by atoms with Crippen molar-refractivity contribution < 1.29 is 14.6 Å². The van der Waals surface area contributed by atoms with E-state index in [1.165, 1.54) is 18.2 Å². The van der Waals surface area contributed by atoms with E-state index in [0.29, 0.717) is 17.9 Å². The maximum atomic E-state index is 11.4. The summed E-state index contributed by atoms with van der Waals surface area (Å²) in [5, 5.41) is 9.36. The quantitative estimate of drug-likeness (QED) is 0.937.